The van der Waals surface area contributed by atoms with Crippen LogP contribution >= 0.6 is 0 Å². The van der Waals surface area contributed by atoms with E-state index < -0.39 is 0 Å². The summed E-state index contributed by atoms with van der Waals surface area (Å²) in [5.41, 5.74) is 0.596. The lowest BCUT2D eigenvalue weighted by Crippen LogP contribution is -2.36. The molecule has 1 aromatic carbocycles. The minimum atomic E-state index is -0.0764. The van der Waals surface area contributed by atoms with Gasteiger partial charge in [0.1, 0.15) is 5.75 Å². The van der Waals surface area contributed by atoms with Gasteiger partial charge in [-0.25, -0.2) is 0 Å². The number of amides is 1. The molecule has 1 N–H and O–H groups in total. The molecule has 0 saturated heterocycles. The summed E-state index contributed by atoms with van der Waals surface area (Å²) in [5.74, 6) is 0.973. The normalized spacial score (nSPS) is 12.6. The largest absolute Gasteiger partial charge is 0.490 e. The summed E-state index contributed by atoms with van der Waals surface area (Å²) in [4.78, 5) is 12.2. The quantitative estimate of drug-likeness (QED) is 0.870. The third kappa shape index (κ3) is 4.06. The summed E-state index contributed by atoms with van der Waals surface area (Å²) in [6, 6.07) is 7.49. The van der Waals surface area contributed by atoms with Crippen LogP contribution in [0.2, 0.25) is 0 Å². The Labute approximate surface area is 110 Å². The third-order valence-corrected chi connectivity index (χ3v) is 2.85. The highest BCUT2D eigenvalue weighted by Crippen LogP contribution is 2.19. The van der Waals surface area contributed by atoms with Crippen molar-refractivity contribution < 1.29 is 9.53 Å². The zero-order valence-electron chi connectivity index (χ0n) is 11.9. The summed E-state index contributed by atoms with van der Waals surface area (Å²) in [6.07, 6.45) is 0.0569. The Bertz CT molecular complexity index is 399. The molecule has 0 spiro atoms. The van der Waals surface area contributed by atoms with Crippen molar-refractivity contribution in [3.05, 3.63) is 29.8 Å². The minimum absolute atomic E-state index is 0.0569. The van der Waals surface area contributed by atoms with E-state index in [0.717, 1.165) is 0 Å². The van der Waals surface area contributed by atoms with Crippen LogP contribution < -0.4 is 10.1 Å². The van der Waals surface area contributed by atoms with Gasteiger partial charge in [0.15, 0.2) is 0 Å². The van der Waals surface area contributed by atoms with E-state index in [1.165, 1.54) is 0 Å². The number of carbonyl (C=O) groups is 1. The van der Waals surface area contributed by atoms with Crippen molar-refractivity contribution in [3.63, 3.8) is 0 Å². The van der Waals surface area contributed by atoms with Crippen LogP contribution in [-0.2, 0) is 0 Å². The van der Waals surface area contributed by atoms with Crippen molar-refractivity contribution in [2.24, 2.45) is 5.92 Å². The second-order valence-corrected chi connectivity index (χ2v) is 5.17. The molecule has 1 atom stereocenters. The van der Waals surface area contributed by atoms with E-state index in [9.17, 15) is 4.79 Å². The number of hydrogen-bond acceptors (Lipinski definition) is 2. The Morgan fingerprint density at radius 3 is 2.28 bits per heavy atom. The van der Waals surface area contributed by atoms with E-state index in [1.54, 1.807) is 6.07 Å². The van der Waals surface area contributed by atoms with Gasteiger partial charge in [0, 0.05) is 6.04 Å². The number of ether oxygens (including phenoxy) is 1. The predicted molar refractivity (Wildman–Crippen MR) is 74.0 cm³/mol. The maximum atomic E-state index is 12.2. The second-order valence-electron chi connectivity index (χ2n) is 5.17. The van der Waals surface area contributed by atoms with Gasteiger partial charge in [-0.1, -0.05) is 26.0 Å². The molecule has 0 bridgehead atoms. The van der Waals surface area contributed by atoms with Crippen molar-refractivity contribution >= 4 is 5.91 Å². The predicted octanol–water partition coefficient (Wildman–Crippen LogP) is 3.25. The highest BCUT2D eigenvalue weighted by molar-refractivity contribution is 5.97. The van der Waals surface area contributed by atoms with E-state index in [4.69, 9.17) is 4.74 Å². The molecule has 18 heavy (non-hydrogen) atoms. The first-order valence-corrected chi connectivity index (χ1v) is 6.48. The fourth-order valence-corrected chi connectivity index (χ4v) is 1.46. The number of carbonyl (C=O) groups excluding carboxylic acids is 1. The second kappa shape index (κ2) is 6.43. The molecular weight excluding hydrogens is 226 g/mol. The molecule has 100 valence electrons. The molecule has 1 unspecified atom stereocenters. The van der Waals surface area contributed by atoms with E-state index in [2.05, 4.69) is 19.2 Å². The minimum Gasteiger partial charge on any atom is -0.490 e. The molecule has 1 amide bonds. The van der Waals surface area contributed by atoms with Crippen molar-refractivity contribution in [3.8, 4) is 5.75 Å². The SMILES string of the molecule is CC(C)Oc1ccccc1C(=O)NC(C)C(C)C. The molecule has 1 rings (SSSR count). The summed E-state index contributed by atoms with van der Waals surface area (Å²) >= 11 is 0. The van der Waals surface area contributed by atoms with Gasteiger partial charge in [-0.2, -0.15) is 0 Å². The van der Waals surface area contributed by atoms with Gasteiger partial charge in [0.25, 0.3) is 5.91 Å². The average molecular weight is 249 g/mol. The number of nitrogens with one attached hydrogen (secondary N) is 1. The molecule has 0 saturated carbocycles. The third-order valence-electron chi connectivity index (χ3n) is 2.85. The van der Waals surface area contributed by atoms with Crippen LogP contribution in [0.25, 0.3) is 0 Å². The van der Waals surface area contributed by atoms with Crippen LogP contribution in [0, 0.1) is 5.92 Å². The summed E-state index contributed by atoms with van der Waals surface area (Å²) in [5, 5.41) is 2.99. The average Bonchev–Trinajstić information content (AvgIpc) is 2.28. The van der Waals surface area contributed by atoms with Crippen LogP contribution in [0.3, 0.4) is 0 Å². The zero-order valence-corrected chi connectivity index (χ0v) is 11.9. The summed E-state index contributed by atoms with van der Waals surface area (Å²) in [6.45, 7) is 10.1. The van der Waals surface area contributed by atoms with Crippen molar-refractivity contribution in [2.75, 3.05) is 0 Å². The molecule has 0 radical (unpaired) electrons. The van der Waals surface area contributed by atoms with E-state index in [1.807, 2.05) is 39.0 Å². The van der Waals surface area contributed by atoms with Gasteiger partial charge in [0.2, 0.25) is 0 Å². The molecule has 1 aromatic rings. The zero-order chi connectivity index (χ0) is 13.7. The summed E-state index contributed by atoms with van der Waals surface area (Å²) in [7, 11) is 0. The Balaban J connectivity index is 2.85. The van der Waals surface area contributed by atoms with Crippen LogP contribution in [-0.4, -0.2) is 18.1 Å². The Kier molecular flexibility index (Phi) is 5.20. The number of benzene rings is 1. The van der Waals surface area contributed by atoms with E-state index in [0.29, 0.717) is 17.2 Å². The highest BCUT2D eigenvalue weighted by Gasteiger charge is 2.16. The number of para-hydroxylation sites is 1. The maximum absolute atomic E-state index is 12.2. The summed E-state index contributed by atoms with van der Waals surface area (Å²) < 4.78 is 5.65. The fraction of sp³-hybridized carbons (Fsp3) is 0.533. The lowest BCUT2D eigenvalue weighted by atomic mass is 10.1. The van der Waals surface area contributed by atoms with Gasteiger partial charge in [-0.05, 0) is 38.8 Å². The smallest absolute Gasteiger partial charge is 0.255 e. The van der Waals surface area contributed by atoms with Crippen LogP contribution in [0.1, 0.15) is 45.0 Å². The molecule has 0 heterocycles. The molecule has 3 nitrogen and oxygen atoms in total. The first-order chi connectivity index (χ1) is 8.41. The van der Waals surface area contributed by atoms with Crippen molar-refractivity contribution in [1.29, 1.82) is 0 Å². The van der Waals surface area contributed by atoms with Gasteiger partial charge in [-0.15, -0.1) is 0 Å². The molecule has 3 heteroatoms. The van der Waals surface area contributed by atoms with Crippen molar-refractivity contribution in [2.45, 2.75) is 46.8 Å². The van der Waals surface area contributed by atoms with Gasteiger partial charge in [0.05, 0.1) is 11.7 Å². The van der Waals surface area contributed by atoms with Crippen molar-refractivity contribution in [1.82, 2.24) is 5.32 Å². The fourth-order valence-electron chi connectivity index (χ4n) is 1.46. The lowest BCUT2D eigenvalue weighted by Gasteiger charge is -2.19. The maximum Gasteiger partial charge on any atom is 0.255 e. The Morgan fingerprint density at radius 2 is 1.72 bits per heavy atom. The number of rotatable bonds is 5. The molecule has 0 aliphatic heterocycles. The monoisotopic (exact) mass is 249 g/mol. The molecule has 0 aliphatic rings. The number of hydrogen-bond donors (Lipinski definition) is 1. The van der Waals surface area contributed by atoms with E-state index in [-0.39, 0.29) is 18.1 Å². The topological polar surface area (TPSA) is 38.3 Å². The first-order valence-electron chi connectivity index (χ1n) is 6.48. The van der Waals surface area contributed by atoms with Crippen LogP contribution in [0.15, 0.2) is 24.3 Å². The Hall–Kier alpha value is -1.51. The highest BCUT2D eigenvalue weighted by atomic mass is 16.5. The van der Waals surface area contributed by atoms with Gasteiger partial charge >= 0.3 is 0 Å². The van der Waals surface area contributed by atoms with E-state index >= 15 is 0 Å². The molecule has 0 aliphatic carbocycles. The first kappa shape index (κ1) is 14.6. The molecule has 0 aromatic heterocycles. The van der Waals surface area contributed by atoms with Crippen LogP contribution in [0.5, 0.6) is 5.75 Å². The lowest BCUT2D eigenvalue weighted by molar-refractivity contribution is 0.0924. The standard InChI is InChI=1S/C15H23NO2/c1-10(2)12(5)16-15(17)13-8-6-7-9-14(13)18-11(3)4/h6-12H,1-5H3,(H,16,17). The molecule has 0 fully saturated rings. The van der Waals surface area contributed by atoms with Gasteiger partial charge in [-0.3, -0.25) is 4.79 Å². The Morgan fingerprint density at radius 1 is 1.11 bits per heavy atom. The molecular formula is C15H23NO2. The van der Waals surface area contributed by atoms with Crippen LogP contribution in [0.4, 0.5) is 0 Å². The van der Waals surface area contributed by atoms with Gasteiger partial charge < -0.3 is 10.1 Å².